The molecule has 0 radical (unpaired) electrons. The molecule has 9 heteroatoms. The Labute approximate surface area is 148 Å². The van der Waals surface area contributed by atoms with E-state index in [2.05, 4.69) is 4.72 Å². The molecule has 0 aliphatic heterocycles. The standard InChI is InChI=1S/C16H25N3O5S/c1-3-6-19(7-4-2)16(22)13-9-12(15(17)21)10-14(11-13)25(23,24)18-5-8-20/h9-11,18,20H,3-8H2,1-2H3,(H2,17,21). The van der Waals surface area contributed by atoms with E-state index in [1.807, 2.05) is 13.8 Å². The topological polar surface area (TPSA) is 130 Å². The second-order valence-electron chi connectivity index (χ2n) is 5.52. The van der Waals surface area contributed by atoms with Gasteiger partial charge in [-0.3, -0.25) is 9.59 Å². The number of aliphatic hydroxyl groups is 1. The molecule has 1 aromatic carbocycles. The minimum Gasteiger partial charge on any atom is -0.395 e. The second kappa shape index (κ2) is 9.50. The van der Waals surface area contributed by atoms with Crippen molar-refractivity contribution in [1.29, 1.82) is 0 Å². The number of nitrogens with zero attached hydrogens (tertiary/aromatic N) is 1. The monoisotopic (exact) mass is 371 g/mol. The van der Waals surface area contributed by atoms with Gasteiger partial charge in [0.05, 0.1) is 11.5 Å². The van der Waals surface area contributed by atoms with Crippen LogP contribution in [0.4, 0.5) is 0 Å². The van der Waals surface area contributed by atoms with Gasteiger partial charge in [-0.15, -0.1) is 0 Å². The molecule has 0 saturated heterocycles. The third-order valence-corrected chi connectivity index (χ3v) is 4.87. The molecule has 0 aliphatic carbocycles. The van der Waals surface area contributed by atoms with Crippen LogP contribution in [-0.4, -0.2) is 56.5 Å². The molecule has 1 aromatic rings. The first-order valence-corrected chi connectivity index (χ1v) is 9.59. The summed E-state index contributed by atoms with van der Waals surface area (Å²) in [6.07, 6.45) is 1.51. The number of aliphatic hydroxyl groups excluding tert-OH is 1. The van der Waals surface area contributed by atoms with Crippen molar-refractivity contribution in [2.24, 2.45) is 5.73 Å². The molecule has 0 spiro atoms. The molecule has 0 atom stereocenters. The lowest BCUT2D eigenvalue weighted by Gasteiger charge is -2.22. The molecule has 0 heterocycles. The number of hydrogen-bond donors (Lipinski definition) is 3. The first kappa shape index (κ1) is 21.1. The summed E-state index contributed by atoms with van der Waals surface area (Å²) < 4.78 is 26.7. The van der Waals surface area contributed by atoms with Gasteiger partial charge in [-0.25, -0.2) is 13.1 Å². The molecule has 2 amide bonds. The van der Waals surface area contributed by atoms with Gasteiger partial charge >= 0.3 is 0 Å². The van der Waals surface area contributed by atoms with Crippen LogP contribution in [0.25, 0.3) is 0 Å². The van der Waals surface area contributed by atoms with Gasteiger partial charge in [-0.2, -0.15) is 0 Å². The van der Waals surface area contributed by atoms with Crippen molar-refractivity contribution in [3.05, 3.63) is 29.3 Å². The van der Waals surface area contributed by atoms with Crippen molar-refractivity contribution >= 4 is 21.8 Å². The zero-order chi connectivity index (χ0) is 19.0. The summed E-state index contributed by atoms with van der Waals surface area (Å²) in [5, 5.41) is 8.79. The van der Waals surface area contributed by atoms with Crippen molar-refractivity contribution in [1.82, 2.24) is 9.62 Å². The summed E-state index contributed by atoms with van der Waals surface area (Å²) in [6.45, 7) is 4.37. The van der Waals surface area contributed by atoms with Gasteiger partial charge in [0.2, 0.25) is 15.9 Å². The van der Waals surface area contributed by atoms with Crippen LogP contribution in [-0.2, 0) is 10.0 Å². The Morgan fingerprint density at radius 1 is 1.12 bits per heavy atom. The van der Waals surface area contributed by atoms with E-state index in [1.54, 1.807) is 4.90 Å². The third kappa shape index (κ3) is 5.80. The number of nitrogens with two attached hydrogens (primary N) is 1. The van der Waals surface area contributed by atoms with Gasteiger partial charge in [0.25, 0.3) is 5.91 Å². The van der Waals surface area contributed by atoms with E-state index in [-0.39, 0.29) is 35.1 Å². The molecule has 140 valence electrons. The first-order valence-electron chi connectivity index (χ1n) is 8.11. The number of benzene rings is 1. The van der Waals surface area contributed by atoms with Gasteiger partial charge in [0, 0.05) is 30.8 Å². The van der Waals surface area contributed by atoms with Crippen LogP contribution in [0.2, 0.25) is 0 Å². The summed E-state index contributed by atoms with van der Waals surface area (Å²) in [7, 11) is -3.97. The zero-order valence-electron chi connectivity index (χ0n) is 14.5. The van der Waals surface area contributed by atoms with E-state index in [1.165, 1.54) is 12.1 Å². The summed E-state index contributed by atoms with van der Waals surface area (Å²) in [5.41, 5.74) is 5.29. The fourth-order valence-corrected chi connectivity index (χ4v) is 3.41. The van der Waals surface area contributed by atoms with Gasteiger partial charge in [-0.05, 0) is 31.0 Å². The van der Waals surface area contributed by atoms with Crippen molar-refractivity contribution in [3.63, 3.8) is 0 Å². The quantitative estimate of drug-likeness (QED) is 0.545. The van der Waals surface area contributed by atoms with Gasteiger partial charge in [-0.1, -0.05) is 13.8 Å². The van der Waals surface area contributed by atoms with E-state index in [0.29, 0.717) is 13.1 Å². The zero-order valence-corrected chi connectivity index (χ0v) is 15.3. The highest BCUT2D eigenvalue weighted by Crippen LogP contribution is 2.17. The number of carbonyl (C=O) groups is 2. The summed E-state index contributed by atoms with van der Waals surface area (Å²) in [5.74, 6) is -1.18. The lowest BCUT2D eigenvalue weighted by atomic mass is 10.1. The highest BCUT2D eigenvalue weighted by atomic mass is 32.2. The molecule has 0 bridgehead atoms. The van der Waals surface area contributed by atoms with Crippen molar-refractivity contribution in [2.45, 2.75) is 31.6 Å². The molecular weight excluding hydrogens is 346 g/mol. The average Bonchev–Trinajstić information content (AvgIpc) is 2.58. The Hall–Kier alpha value is -1.97. The predicted octanol–water partition coefficient (Wildman–Crippen LogP) is 0.318. The number of sulfonamides is 1. The summed E-state index contributed by atoms with van der Waals surface area (Å²) in [4.78, 5) is 25.6. The minimum absolute atomic E-state index is 0.0665. The fourth-order valence-electron chi connectivity index (χ4n) is 2.32. The van der Waals surface area contributed by atoms with Gasteiger partial charge in [0.1, 0.15) is 0 Å². The molecular formula is C16H25N3O5S. The predicted molar refractivity (Wildman–Crippen MR) is 93.7 cm³/mol. The number of hydrogen-bond acceptors (Lipinski definition) is 5. The number of primary amides is 1. The first-order chi connectivity index (χ1) is 11.8. The van der Waals surface area contributed by atoms with Gasteiger partial charge < -0.3 is 15.7 Å². The lowest BCUT2D eigenvalue weighted by molar-refractivity contribution is 0.0755. The molecule has 0 saturated carbocycles. The molecule has 1 rings (SSSR count). The smallest absolute Gasteiger partial charge is 0.253 e. The maximum absolute atomic E-state index is 12.7. The SMILES string of the molecule is CCCN(CCC)C(=O)c1cc(C(N)=O)cc(S(=O)(=O)NCCO)c1. The maximum atomic E-state index is 12.7. The highest BCUT2D eigenvalue weighted by Gasteiger charge is 2.21. The fraction of sp³-hybridized carbons (Fsp3) is 0.500. The summed E-state index contributed by atoms with van der Waals surface area (Å²) in [6, 6.07) is 3.63. The average molecular weight is 371 g/mol. The minimum atomic E-state index is -3.97. The van der Waals surface area contributed by atoms with E-state index in [4.69, 9.17) is 10.8 Å². The Kier molecular flexibility index (Phi) is 8.01. The van der Waals surface area contributed by atoms with Crippen LogP contribution in [0, 0.1) is 0 Å². The van der Waals surface area contributed by atoms with Crippen molar-refractivity contribution in [2.75, 3.05) is 26.2 Å². The number of nitrogens with one attached hydrogen (secondary N) is 1. The molecule has 0 fully saturated rings. The largest absolute Gasteiger partial charge is 0.395 e. The van der Waals surface area contributed by atoms with Crippen LogP contribution in [0.5, 0.6) is 0 Å². The highest BCUT2D eigenvalue weighted by molar-refractivity contribution is 7.89. The molecule has 4 N–H and O–H groups in total. The Bertz CT molecular complexity index is 712. The number of amides is 2. The van der Waals surface area contributed by atoms with Crippen LogP contribution in [0.15, 0.2) is 23.1 Å². The normalized spacial score (nSPS) is 11.3. The lowest BCUT2D eigenvalue weighted by Crippen LogP contribution is -2.33. The second-order valence-corrected chi connectivity index (χ2v) is 7.29. The number of carbonyl (C=O) groups excluding carboxylic acids is 2. The van der Waals surface area contributed by atoms with Crippen LogP contribution < -0.4 is 10.5 Å². The van der Waals surface area contributed by atoms with E-state index < -0.39 is 15.9 Å². The van der Waals surface area contributed by atoms with Gasteiger partial charge in [0.15, 0.2) is 0 Å². The van der Waals surface area contributed by atoms with Crippen molar-refractivity contribution in [3.8, 4) is 0 Å². The van der Waals surface area contributed by atoms with E-state index in [9.17, 15) is 18.0 Å². The third-order valence-electron chi connectivity index (χ3n) is 3.43. The Balaban J connectivity index is 3.36. The Morgan fingerprint density at radius 3 is 2.16 bits per heavy atom. The Morgan fingerprint density at radius 2 is 1.68 bits per heavy atom. The van der Waals surface area contributed by atoms with E-state index >= 15 is 0 Å². The number of rotatable bonds is 10. The maximum Gasteiger partial charge on any atom is 0.253 e. The molecule has 25 heavy (non-hydrogen) atoms. The molecule has 8 nitrogen and oxygen atoms in total. The van der Waals surface area contributed by atoms with Crippen LogP contribution in [0.1, 0.15) is 47.4 Å². The summed E-state index contributed by atoms with van der Waals surface area (Å²) >= 11 is 0. The molecule has 0 aliphatic rings. The van der Waals surface area contributed by atoms with Crippen molar-refractivity contribution < 1.29 is 23.1 Å². The molecule has 0 aromatic heterocycles. The van der Waals surface area contributed by atoms with Crippen LogP contribution >= 0.6 is 0 Å². The molecule has 0 unspecified atom stereocenters. The van der Waals surface area contributed by atoms with E-state index in [0.717, 1.165) is 18.9 Å². The van der Waals surface area contributed by atoms with Crippen LogP contribution in [0.3, 0.4) is 0 Å².